The van der Waals surface area contributed by atoms with Gasteiger partial charge in [-0.1, -0.05) is 164 Å². The highest BCUT2D eigenvalue weighted by atomic mass is 32.1. The van der Waals surface area contributed by atoms with Gasteiger partial charge in [-0.2, -0.15) is 0 Å². The van der Waals surface area contributed by atoms with Gasteiger partial charge in [0.15, 0.2) is 5.84 Å². The predicted octanol–water partition coefficient (Wildman–Crippen LogP) is 13.3. The highest BCUT2D eigenvalue weighted by Gasteiger charge is 2.16. The lowest BCUT2D eigenvalue weighted by Crippen LogP contribution is -2.16. The van der Waals surface area contributed by atoms with E-state index in [1.807, 2.05) is 48.5 Å². The van der Waals surface area contributed by atoms with Gasteiger partial charge in [0.2, 0.25) is 0 Å². The fraction of sp³-hybridized carbons (Fsp3) is 0.0196. The van der Waals surface area contributed by atoms with E-state index in [1.54, 1.807) is 11.3 Å². The maximum atomic E-state index is 6.87. The highest BCUT2D eigenvalue weighted by molar-refractivity contribution is 7.26. The van der Waals surface area contributed by atoms with E-state index >= 15 is 0 Å². The van der Waals surface area contributed by atoms with E-state index in [0.717, 1.165) is 49.8 Å². The van der Waals surface area contributed by atoms with Gasteiger partial charge in [-0.05, 0) is 63.2 Å². The fourth-order valence-electron chi connectivity index (χ4n) is 7.61. The minimum atomic E-state index is 0.396. The van der Waals surface area contributed by atoms with Gasteiger partial charge in [0.1, 0.15) is 17.0 Å². The van der Waals surface area contributed by atoms with Gasteiger partial charge in [0.05, 0.1) is 6.54 Å². The third-order valence-corrected chi connectivity index (χ3v) is 11.7. The second kappa shape index (κ2) is 14.3. The van der Waals surface area contributed by atoms with Gasteiger partial charge in [0.25, 0.3) is 0 Å². The number of nitrogens with zero attached hydrogens (tertiary/aromatic N) is 2. The first-order valence-electron chi connectivity index (χ1n) is 18.7. The Morgan fingerprint density at radius 2 is 1.07 bits per heavy atom. The molecule has 0 fully saturated rings. The molecule has 0 aliphatic heterocycles. The van der Waals surface area contributed by atoms with Crippen LogP contribution in [0.25, 0.3) is 75.5 Å². The van der Waals surface area contributed by atoms with Crippen molar-refractivity contribution in [3.05, 3.63) is 205 Å². The molecule has 56 heavy (non-hydrogen) atoms. The van der Waals surface area contributed by atoms with Crippen molar-refractivity contribution in [1.82, 2.24) is 0 Å². The average molecular weight is 738 g/mol. The van der Waals surface area contributed by atoms with Crippen LogP contribution < -0.4 is 5.73 Å². The van der Waals surface area contributed by atoms with Crippen LogP contribution in [0.3, 0.4) is 0 Å². The van der Waals surface area contributed by atoms with E-state index in [1.165, 1.54) is 42.4 Å². The van der Waals surface area contributed by atoms with Crippen LogP contribution in [0.1, 0.15) is 16.7 Å². The number of fused-ring (bicyclic) bond motifs is 6. The molecule has 0 bridgehead atoms. The Morgan fingerprint density at radius 3 is 1.86 bits per heavy atom. The zero-order chi connectivity index (χ0) is 37.4. The van der Waals surface area contributed by atoms with Crippen LogP contribution in [0.5, 0.6) is 0 Å². The van der Waals surface area contributed by atoms with Crippen molar-refractivity contribution in [2.24, 2.45) is 15.7 Å². The number of benzene rings is 8. The molecular formula is C51H35N3OS. The fourth-order valence-corrected chi connectivity index (χ4v) is 8.81. The van der Waals surface area contributed by atoms with Crippen molar-refractivity contribution in [1.29, 1.82) is 0 Å². The van der Waals surface area contributed by atoms with Gasteiger partial charge in [-0.15, -0.1) is 11.3 Å². The first-order chi connectivity index (χ1) is 27.7. The number of rotatable bonds is 7. The average Bonchev–Trinajstić information content (AvgIpc) is 3.85. The maximum Gasteiger partial charge on any atom is 0.158 e. The Balaban J connectivity index is 0.997. The summed E-state index contributed by atoms with van der Waals surface area (Å²) in [6.45, 7) is 0.451. The van der Waals surface area contributed by atoms with Crippen LogP contribution in [0.2, 0.25) is 0 Å². The number of hydrogen-bond acceptors (Lipinski definition) is 3. The van der Waals surface area contributed by atoms with E-state index in [9.17, 15) is 0 Å². The molecule has 4 nitrogen and oxygen atoms in total. The summed E-state index contributed by atoms with van der Waals surface area (Å²) in [6.07, 6.45) is 0. The molecule has 0 unspecified atom stereocenters. The summed E-state index contributed by atoms with van der Waals surface area (Å²) in [7, 11) is 0. The van der Waals surface area contributed by atoms with E-state index < -0.39 is 0 Å². The molecule has 0 amide bonds. The molecule has 0 spiro atoms. The third-order valence-electron chi connectivity index (χ3n) is 10.5. The minimum absolute atomic E-state index is 0.396. The summed E-state index contributed by atoms with van der Waals surface area (Å²) in [6, 6.07) is 65.4. The lowest BCUT2D eigenvalue weighted by atomic mass is 9.97. The predicted molar refractivity (Wildman–Crippen MR) is 237 cm³/mol. The van der Waals surface area contributed by atoms with Crippen LogP contribution in [0, 0.1) is 0 Å². The molecule has 2 aromatic heterocycles. The number of para-hydroxylation sites is 1. The van der Waals surface area contributed by atoms with Crippen molar-refractivity contribution in [2.45, 2.75) is 6.54 Å². The standard InChI is InChI=1S/C51H35N3OS/c52-50(37-29-27-36(28-30-37)39-14-8-13-38(31-39)35-25-23-34(24-26-35)33-11-2-1-3-12-33)54-51(44-19-10-21-46-48(44)43-17-4-6-20-45(43)55-46)53-32-40-15-9-18-42-41-16-5-7-22-47(41)56-49(40)42/h1-31H,32H2,(H2,52,53,54). The number of furan rings is 1. The monoisotopic (exact) mass is 737 g/mol. The van der Waals surface area contributed by atoms with E-state index in [4.69, 9.17) is 20.1 Å². The van der Waals surface area contributed by atoms with Crippen molar-refractivity contribution < 1.29 is 4.42 Å². The van der Waals surface area contributed by atoms with Gasteiger partial charge in [-0.25, -0.2) is 4.99 Å². The second-order valence-electron chi connectivity index (χ2n) is 13.9. The summed E-state index contributed by atoms with van der Waals surface area (Å²) in [4.78, 5) is 10.3. The molecule has 0 saturated carbocycles. The summed E-state index contributed by atoms with van der Waals surface area (Å²) in [5, 5.41) is 4.51. The largest absolute Gasteiger partial charge is 0.456 e. The summed E-state index contributed by atoms with van der Waals surface area (Å²) >= 11 is 1.81. The molecule has 0 radical (unpaired) electrons. The normalized spacial score (nSPS) is 12.3. The smallest absolute Gasteiger partial charge is 0.158 e. The number of aliphatic imine (C=N–C) groups is 2. The van der Waals surface area contributed by atoms with Crippen LogP contribution in [0.4, 0.5) is 0 Å². The van der Waals surface area contributed by atoms with E-state index in [2.05, 4.69) is 140 Å². The van der Waals surface area contributed by atoms with Crippen molar-refractivity contribution in [3.63, 3.8) is 0 Å². The van der Waals surface area contributed by atoms with Crippen molar-refractivity contribution in [2.75, 3.05) is 0 Å². The zero-order valence-electron chi connectivity index (χ0n) is 30.4. The van der Waals surface area contributed by atoms with Crippen molar-refractivity contribution >= 4 is 65.1 Å². The molecule has 0 aliphatic carbocycles. The van der Waals surface area contributed by atoms with Crippen LogP contribution in [0.15, 0.2) is 202 Å². The summed E-state index contributed by atoms with van der Waals surface area (Å²) in [5.41, 5.74) is 18.3. The molecule has 266 valence electrons. The Hall–Kier alpha value is -7.08. The number of hydrogen-bond donors (Lipinski definition) is 1. The minimum Gasteiger partial charge on any atom is -0.456 e. The number of nitrogens with two attached hydrogens (primary N) is 1. The zero-order valence-corrected chi connectivity index (χ0v) is 31.2. The van der Waals surface area contributed by atoms with Crippen LogP contribution >= 0.6 is 11.3 Å². The molecular weight excluding hydrogens is 703 g/mol. The molecule has 2 N–H and O–H groups in total. The topological polar surface area (TPSA) is 63.9 Å². The Labute approximate surface area is 328 Å². The molecule has 0 atom stereocenters. The lowest BCUT2D eigenvalue weighted by molar-refractivity contribution is 0.669. The Morgan fingerprint density at radius 1 is 0.500 bits per heavy atom. The van der Waals surface area contributed by atoms with E-state index in [-0.39, 0.29) is 0 Å². The quantitative estimate of drug-likeness (QED) is 0.131. The van der Waals surface area contributed by atoms with E-state index in [0.29, 0.717) is 18.2 Å². The van der Waals surface area contributed by atoms with Crippen LogP contribution in [-0.4, -0.2) is 11.7 Å². The maximum absolute atomic E-state index is 6.87. The van der Waals surface area contributed by atoms with Gasteiger partial charge in [-0.3, -0.25) is 4.99 Å². The number of amidine groups is 2. The summed E-state index contributed by atoms with van der Waals surface area (Å²) in [5.74, 6) is 0.959. The first kappa shape index (κ1) is 33.5. The van der Waals surface area contributed by atoms with Crippen LogP contribution in [-0.2, 0) is 6.54 Å². The summed E-state index contributed by atoms with van der Waals surface area (Å²) < 4.78 is 8.78. The molecule has 0 saturated heterocycles. The molecule has 5 heteroatoms. The third kappa shape index (κ3) is 6.24. The Bertz CT molecular complexity index is 3100. The lowest BCUT2D eigenvalue weighted by Gasteiger charge is -2.10. The molecule has 8 aromatic carbocycles. The first-order valence-corrected chi connectivity index (χ1v) is 19.5. The second-order valence-corrected chi connectivity index (χ2v) is 15.0. The molecule has 10 aromatic rings. The molecule has 0 aliphatic rings. The molecule has 2 heterocycles. The van der Waals surface area contributed by atoms with Gasteiger partial charge >= 0.3 is 0 Å². The Kier molecular flexibility index (Phi) is 8.55. The molecule has 10 rings (SSSR count). The highest BCUT2D eigenvalue weighted by Crippen LogP contribution is 2.37. The van der Waals surface area contributed by atoms with Crippen molar-refractivity contribution in [3.8, 4) is 33.4 Å². The van der Waals surface area contributed by atoms with Gasteiger partial charge in [0, 0.05) is 42.1 Å². The van der Waals surface area contributed by atoms with Gasteiger partial charge < -0.3 is 10.2 Å². The SMILES string of the molecule is NC(=NC(=NCc1cccc2c1sc1ccccc12)c1cccc2oc3ccccc3c12)c1ccc(-c2cccc(-c3ccc(-c4ccccc4)cc3)c2)cc1. The number of thiophene rings is 1.